The van der Waals surface area contributed by atoms with Crippen LogP contribution in [0, 0.1) is 13.8 Å². The van der Waals surface area contributed by atoms with Crippen LogP contribution in [0.1, 0.15) is 11.1 Å². The third kappa shape index (κ3) is 6.69. The van der Waals surface area contributed by atoms with Gasteiger partial charge in [0.1, 0.15) is 11.5 Å². The average Bonchev–Trinajstić information content (AvgIpc) is 2.73. The lowest BCUT2D eigenvalue weighted by molar-refractivity contribution is -0.862. The number of rotatable bonds is 8. The van der Waals surface area contributed by atoms with Gasteiger partial charge in [-0.15, -0.1) is 0 Å². The van der Waals surface area contributed by atoms with Crippen LogP contribution in [-0.2, 0) is 9.59 Å². The first kappa shape index (κ1) is 22.1. The summed E-state index contributed by atoms with van der Waals surface area (Å²) in [6.07, 6.45) is 0. The molecule has 0 heterocycles. The summed E-state index contributed by atoms with van der Waals surface area (Å²) >= 11 is 0. The van der Waals surface area contributed by atoms with Crippen molar-refractivity contribution in [3.8, 4) is 11.5 Å². The zero-order valence-corrected chi connectivity index (χ0v) is 18.1. The van der Waals surface area contributed by atoms with Crippen LogP contribution in [0.25, 0.3) is 0 Å². The lowest BCUT2D eigenvalue weighted by Crippen LogP contribution is -3.11. The summed E-state index contributed by atoms with van der Waals surface area (Å²) in [5.41, 5.74) is 3.65. The lowest BCUT2D eigenvalue weighted by atomic mass is 10.1. The first-order valence-corrected chi connectivity index (χ1v) is 10.2. The molecular weight excluding hydrogens is 390 g/mol. The highest BCUT2D eigenvalue weighted by Gasteiger charge is 2.15. The van der Waals surface area contributed by atoms with E-state index < -0.39 is 0 Å². The SMILES string of the molecule is Cc1cccc(NC(=O)C[NH+](C)CC(=O)Nc2ccc(Oc3ccccc3)cc2)c1C. The maximum Gasteiger partial charge on any atom is 0.279 e. The molecule has 3 aromatic rings. The van der Waals surface area contributed by atoms with E-state index in [9.17, 15) is 9.59 Å². The largest absolute Gasteiger partial charge is 0.457 e. The van der Waals surface area contributed by atoms with Gasteiger partial charge in [-0.25, -0.2) is 0 Å². The van der Waals surface area contributed by atoms with Crippen molar-refractivity contribution in [2.45, 2.75) is 13.8 Å². The Balaban J connectivity index is 1.46. The molecule has 0 bridgehead atoms. The quantitative estimate of drug-likeness (QED) is 0.526. The molecule has 6 heteroatoms. The van der Waals surface area contributed by atoms with Crippen LogP contribution < -0.4 is 20.3 Å². The monoisotopic (exact) mass is 418 g/mol. The Morgan fingerprint density at radius 2 is 1.39 bits per heavy atom. The van der Waals surface area contributed by atoms with E-state index in [1.807, 2.05) is 69.4 Å². The number of carbonyl (C=O) groups excluding carboxylic acids is 2. The predicted molar refractivity (Wildman–Crippen MR) is 123 cm³/mol. The summed E-state index contributed by atoms with van der Waals surface area (Å²) in [6, 6.07) is 22.5. The molecule has 3 aromatic carbocycles. The van der Waals surface area contributed by atoms with Gasteiger partial charge in [0, 0.05) is 11.4 Å². The summed E-state index contributed by atoms with van der Waals surface area (Å²) in [5, 5.41) is 5.78. The number of para-hydroxylation sites is 1. The van der Waals surface area contributed by atoms with E-state index in [1.54, 1.807) is 24.3 Å². The molecule has 0 saturated carbocycles. The molecular formula is C25H28N3O3+. The molecule has 1 atom stereocenters. The highest BCUT2D eigenvalue weighted by molar-refractivity contribution is 5.93. The molecule has 0 aliphatic rings. The second-order valence-corrected chi connectivity index (χ2v) is 7.59. The molecule has 160 valence electrons. The number of carbonyl (C=O) groups is 2. The van der Waals surface area contributed by atoms with Crippen LogP contribution >= 0.6 is 0 Å². The van der Waals surface area contributed by atoms with Gasteiger partial charge in [-0.05, 0) is 67.4 Å². The number of aryl methyl sites for hydroxylation is 1. The van der Waals surface area contributed by atoms with Gasteiger partial charge in [0.05, 0.1) is 7.05 Å². The molecule has 3 rings (SSSR count). The molecule has 0 aliphatic carbocycles. The third-order valence-corrected chi connectivity index (χ3v) is 4.92. The van der Waals surface area contributed by atoms with Crippen LogP contribution in [0.3, 0.4) is 0 Å². The van der Waals surface area contributed by atoms with Crippen LogP contribution in [0.4, 0.5) is 11.4 Å². The minimum absolute atomic E-state index is 0.124. The molecule has 0 aromatic heterocycles. The number of amides is 2. The Hall–Kier alpha value is -3.64. The summed E-state index contributed by atoms with van der Waals surface area (Å²) in [4.78, 5) is 25.5. The Bertz CT molecular complexity index is 1030. The molecule has 0 spiro atoms. The highest BCUT2D eigenvalue weighted by atomic mass is 16.5. The molecule has 3 N–H and O–H groups in total. The van der Waals surface area contributed by atoms with Gasteiger partial charge in [0.2, 0.25) is 0 Å². The maximum atomic E-state index is 12.3. The number of likely N-dealkylation sites (N-methyl/N-ethyl adjacent to an activating group) is 1. The number of anilines is 2. The maximum absolute atomic E-state index is 12.3. The molecule has 0 fully saturated rings. The number of hydrogen-bond acceptors (Lipinski definition) is 3. The first-order chi connectivity index (χ1) is 14.9. The second-order valence-electron chi connectivity index (χ2n) is 7.59. The van der Waals surface area contributed by atoms with Crippen LogP contribution in [0.5, 0.6) is 11.5 Å². The van der Waals surface area contributed by atoms with E-state index in [0.29, 0.717) is 11.4 Å². The van der Waals surface area contributed by atoms with Crippen molar-refractivity contribution in [3.63, 3.8) is 0 Å². The van der Waals surface area contributed by atoms with Crippen molar-refractivity contribution < 1.29 is 19.2 Å². The predicted octanol–water partition coefficient (Wildman–Crippen LogP) is 3.19. The minimum atomic E-state index is -0.159. The van der Waals surface area contributed by atoms with Crippen molar-refractivity contribution >= 4 is 23.2 Å². The zero-order chi connectivity index (χ0) is 22.2. The Morgan fingerprint density at radius 1 is 0.774 bits per heavy atom. The zero-order valence-electron chi connectivity index (χ0n) is 18.1. The van der Waals surface area contributed by atoms with Crippen molar-refractivity contribution in [3.05, 3.63) is 83.9 Å². The summed E-state index contributed by atoms with van der Waals surface area (Å²) in [6.45, 7) is 4.37. The molecule has 6 nitrogen and oxygen atoms in total. The second kappa shape index (κ2) is 10.4. The van der Waals surface area contributed by atoms with E-state index in [-0.39, 0.29) is 24.9 Å². The Labute approximate surface area is 182 Å². The molecule has 31 heavy (non-hydrogen) atoms. The summed E-state index contributed by atoms with van der Waals surface area (Å²) in [5.74, 6) is 1.16. The van der Waals surface area contributed by atoms with Gasteiger partial charge < -0.3 is 20.3 Å². The Morgan fingerprint density at radius 3 is 2.06 bits per heavy atom. The summed E-state index contributed by atoms with van der Waals surface area (Å²) in [7, 11) is 1.82. The van der Waals surface area contributed by atoms with E-state index in [2.05, 4.69) is 10.6 Å². The Kier molecular flexibility index (Phi) is 7.40. The number of ether oxygens (including phenoxy) is 1. The molecule has 0 saturated heterocycles. The van der Waals surface area contributed by atoms with Gasteiger partial charge in [-0.3, -0.25) is 9.59 Å². The van der Waals surface area contributed by atoms with Crippen LogP contribution in [-0.4, -0.2) is 32.0 Å². The van der Waals surface area contributed by atoms with E-state index in [1.165, 1.54) is 0 Å². The van der Waals surface area contributed by atoms with Crippen LogP contribution in [0.15, 0.2) is 72.8 Å². The van der Waals surface area contributed by atoms with E-state index in [0.717, 1.165) is 27.5 Å². The molecule has 0 radical (unpaired) electrons. The van der Waals surface area contributed by atoms with Crippen molar-refractivity contribution in [2.24, 2.45) is 0 Å². The molecule has 1 unspecified atom stereocenters. The standard InChI is InChI=1S/C25H27N3O3/c1-18-8-7-11-23(19(18)2)27-25(30)17-28(3)16-24(29)26-20-12-14-22(15-13-20)31-21-9-5-4-6-10-21/h4-15H,16-17H2,1-3H3,(H,26,29)(H,27,30)/p+1. The van der Waals surface area contributed by atoms with E-state index in [4.69, 9.17) is 4.74 Å². The topological polar surface area (TPSA) is 71.9 Å². The fourth-order valence-corrected chi connectivity index (χ4v) is 3.13. The van der Waals surface area contributed by atoms with Gasteiger partial charge in [0.25, 0.3) is 11.8 Å². The number of hydrogen-bond donors (Lipinski definition) is 3. The third-order valence-electron chi connectivity index (χ3n) is 4.92. The minimum Gasteiger partial charge on any atom is -0.457 e. The first-order valence-electron chi connectivity index (χ1n) is 10.2. The van der Waals surface area contributed by atoms with Crippen LogP contribution in [0.2, 0.25) is 0 Å². The van der Waals surface area contributed by atoms with Crippen molar-refractivity contribution in [2.75, 3.05) is 30.8 Å². The molecule has 2 amide bonds. The normalized spacial score (nSPS) is 11.5. The highest BCUT2D eigenvalue weighted by Crippen LogP contribution is 2.22. The van der Waals surface area contributed by atoms with Gasteiger partial charge in [-0.1, -0.05) is 30.3 Å². The van der Waals surface area contributed by atoms with Gasteiger partial charge in [0.15, 0.2) is 13.1 Å². The van der Waals surface area contributed by atoms with E-state index >= 15 is 0 Å². The fraction of sp³-hybridized carbons (Fsp3) is 0.200. The van der Waals surface area contributed by atoms with Crippen molar-refractivity contribution in [1.82, 2.24) is 0 Å². The lowest BCUT2D eigenvalue weighted by Gasteiger charge is -2.15. The van der Waals surface area contributed by atoms with Gasteiger partial charge >= 0.3 is 0 Å². The molecule has 0 aliphatic heterocycles. The smallest absolute Gasteiger partial charge is 0.279 e. The average molecular weight is 419 g/mol. The summed E-state index contributed by atoms with van der Waals surface area (Å²) < 4.78 is 5.75. The number of benzene rings is 3. The van der Waals surface area contributed by atoms with Gasteiger partial charge in [-0.2, -0.15) is 0 Å². The number of nitrogens with one attached hydrogen (secondary N) is 3. The van der Waals surface area contributed by atoms with Crippen molar-refractivity contribution in [1.29, 1.82) is 0 Å². The fourth-order valence-electron chi connectivity index (χ4n) is 3.13. The number of quaternary nitrogens is 1.